The molecule has 0 radical (unpaired) electrons. The van der Waals surface area contributed by atoms with Gasteiger partial charge in [-0.15, -0.1) is 0 Å². The standard InChI is InChI=1S/C14H17ClN4S/c1-3-5-11-18-12(16-4-2)8-14(19-11)20-13-7-6-10(15)9-17-13/h6-9H,3-5H2,1-2H3,(H,16,18,19). The number of hydrogen-bond acceptors (Lipinski definition) is 5. The molecule has 2 aromatic heterocycles. The molecule has 0 aromatic carbocycles. The smallest absolute Gasteiger partial charge is 0.132 e. The van der Waals surface area contributed by atoms with Crippen molar-refractivity contribution in [2.24, 2.45) is 0 Å². The SMILES string of the molecule is CCCc1nc(NCC)cc(Sc2ccc(Cl)cn2)n1. The van der Waals surface area contributed by atoms with E-state index in [9.17, 15) is 0 Å². The normalized spacial score (nSPS) is 10.6. The van der Waals surface area contributed by atoms with E-state index in [1.165, 1.54) is 11.8 Å². The molecule has 0 fully saturated rings. The maximum atomic E-state index is 5.84. The Balaban J connectivity index is 2.22. The highest BCUT2D eigenvalue weighted by Gasteiger charge is 2.06. The number of nitrogens with one attached hydrogen (secondary N) is 1. The van der Waals surface area contributed by atoms with Crippen LogP contribution >= 0.6 is 23.4 Å². The van der Waals surface area contributed by atoms with E-state index in [0.29, 0.717) is 5.02 Å². The molecule has 0 saturated carbocycles. The fourth-order valence-electron chi connectivity index (χ4n) is 1.66. The van der Waals surface area contributed by atoms with Crippen LogP contribution in [0.25, 0.3) is 0 Å². The number of halogens is 1. The average Bonchev–Trinajstić information content (AvgIpc) is 2.42. The molecule has 20 heavy (non-hydrogen) atoms. The number of rotatable bonds is 6. The van der Waals surface area contributed by atoms with E-state index in [1.54, 1.807) is 6.20 Å². The fourth-order valence-corrected chi connectivity index (χ4v) is 2.55. The molecule has 4 nitrogen and oxygen atoms in total. The van der Waals surface area contributed by atoms with Gasteiger partial charge in [-0.25, -0.2) is 15.0 Å². The Hall–Kier alpha value is -1.33. The van der Waals surface area contributed by atoms with Gasteiger partial charge >= 0.3 is 0 Å². The predicted molar refractivity (Wildman–Crippen MR) is 83.6 cm³/mol. The zero-order valence-corrected chi connectivity index (χ0v) is 13.1. The molecule has 0 aliphatic heterocycles. The maximum Gasteiger partial charge on any atom is 0.132 e. The van der Waals surface area contributed by atoms with Crippen molar-refractivity contribution < 1.29 is 0 Å². The van der Waals surface area contributed by atoms with Gasteiger partial charge in [0.25, 0.3) is 0 Å². The van der Waals surface area contributed by atoms with E-state index in [2.05, 4.69) is 34.1 Å². The Bertz CT molecular complexity index is 535. The highest BCUT2D eigenvalue weighted by atomic mass is 35.5. The maximum absolute atomic E-state index is 5.84. The van der Waals surface area contributed by atoms with Crippen molar-refractivity contribution in [3.63, 3.8) is 0 Å². The van der Waals surface area contributed by atoms with E-state index < -0.39 is 0 Å². The molecule has 6 heteroatoms. The van der Waals surface area contributed by atoms with Crippen LogP contribution in [-0.4, -0.2) is 21.5 Å². The minimum absolute atomic E-state index is 0.636. The Morgan fingerprint density at radius 2 is 2.05 bits per heavy atom. The van der Waals surface area contributed by atoms with E-state index >= 15 is 0 Å². The lowest BCUT2D eigenvalue weighted by molar-refractivity contribution is 0.809. The number of nitrogens with zero attached hydrogens (tertiary/aromatic N) is 3. The van der Waals surface area contributed by atoms with Crippen LogP contribution in [0, 0.1) is 0 Å². The fraction of sp³-hybridized carbons (Fsp3) is 0.357. The number of anilines is 1. The van der Waals surface area contributed by atoms with Gasteiger partial charge in [0.05, 0.1) is 5.02 Å². The molecule has 0 unspecified atom stereocenters. The molecular formula is C14H17ClN4S. The summed E-state index contributed by atoms with van der Waals surface area (Å²) in [6.45, 7) is 5.01. The van der Waals surface area contributed by atoms with Crippen molar-refractivity contribution >= 4 is 29.2 Å². The monoisotopic (exact) mass is 308 g/mol. The Labute approximate surface area is 128 Å². The van der Waals surface area contributed by atoms with Gasteiger partial charge in [0, 0.05) is 25.2 Å². The van der Waals surface area contributed by atoms with Gasteiger partial charge in [-0.3, -0.25) is 0 Å². The van der Waals surface area contributed by atoms with Gasteiger partial charge in [-0.05, 0) is 37.2 Å². The second-order valence-corrected chi connectivity index (χ2v) is 5.68. The first-order valence-corrected chi connectivity index (χ1v) is 7.82. The number of aryl methyl sites for hydroxylation is 1. The van der Waals surface area contributed by atoms with Gasteiger partial charge in [-0.1, -0.05) is 18.5 Å². The lowest BCUT2D eigenvalue weighted by atomic mass is 10.3. The molecule has 0 bridgehead atoms. The highest BCUT2D eigenvalue weighted by Crippen LogP contribution is 2.26. The van der Waals surface area contributed by atoms with Crippen molar-refractivity contribution in [1.29, 1.82) is 0 Å². The van der Waals surface area contributed by atoms with Crippen molar-refractivity contribution in [2.75, 3.05) is 11.9 Å². The van der Waals surface area contributed by atoms with E-state index in [-0.39, 0.29) is 0 Å². The van der Waals surface area contributed by atoms with E-state index in [0.717, 1.165) is 41.1 Å². The second kappa shape index (κ2) is 7.45. The first kappa shape index (κ1) is 15.1. The molecule has 0 aliphatic rings. The summed E-state index contributed by atoms with van der Waals surface area (Å²) in [6.07, 6.45) is 3.54. The van der Waals surface area contributed by atoms with Gasteiger partial charge in [0.1, 0.15) is 21.7 Å². The molecule has 106 valence electrons. The van der Waals surface area contributed by atoms with Crippen molar-refractivity contribution in [1.82, 2.24) is 15.0 Å². The summed E-state index contributed by atoms with van der Waals surface area (Å²) in [5.74, 6) is 1.73. The Morgan fingerprint density at radius 1 is 1.20 bits per heavy atom. The van der Waals surface area contributed by atoms with Crippen LogP contribution in [-0.2, 0) is 6.42 Å². The molecule has 0 spiro atoms. The third-order valence-corrected chi connectivity index (χ3v) is 3.58. The third kappa shape index (κ3) is 4.35. The molecular weight excluding hydrogens is 292 g/mol. The minimum Gasteiger partial charge on any atom is -0.370 e. The number of hydrogen-bond donors (Lipinski definition) is 1. The summed E-state index contributed by atoms with van der Waals surface area (Å²) >= 11 is 7.36. The molecule has 1 N–H and O–H groups in total. The zero-order chi connectivity index (χ0) is 14.4. The molecule has 2 rings (SSSR count). The summed E-state index contributed by atoms with van der Waals surface area (Å²) in [4.78, 5) is 13.3. The summed E-state index contributed by atoms with van der Waals surface area (Å²) in [5.41, 5.74) is 0. The van der Waals surface area contributed by atoms with Crippen LogP contribution in [0.4, 0.5) is 5.82 Å². The van der Waals surface area contributed by atoms with Gasteiger partial charge in [-0.2, -0.15) is 0 Å². The first-order valence-electron chi connectivity index (χ1n) is 6.62. The summed E-state index contributed by atoms with van der Waals surface area (Å²) < 4.78 is 0. The summed E-state index contributed by atoms with van der Waals surface area (Å²) in [5, 5.41) is 5.64. The summed E-state index contributed by atoms with van der Waals surface area (Å²) in [6, 6.07) is 5.67. The van der Waals surface area contributed by atoms with Crippen LogP contribution in [0.2, 0.25) is 5.02 Å². The van der Waals surface area contributed by atoms with Crippen molar-refractivity contribution in [3.8, 4) is 0 Å². The lowest BCUT2D eigenvalue weighted by Crippen LogP contribution is -2.04. The van der Waals surface area contributed by atoms with Crippen LogP contribution in [0.15, 0.2) is 34.4 Å². The molecule has 0 saturated heterocycles. The second-order valence-electron chi connectivity index (χ2n) is 4.20. The number of pyridine rings is 1. The highest BCUT2D eigenvalue weighted by molar-refractivity contribution is 7.99. The van der Waals surface area contributed by atoms with Crippen LogP contribution in [0.5, 0.6) is 0 Å². The topological polar surface area (TPSA) is 50.7 Å². The minimum atomic E-state index is 0.636. The average molecular weight is 309 g/mol. The summed E-state index contributed by atoms with van der Waals surface area (Å²) in [7, 11) is 0. The van der Waals surface area contributed by atoms with Crippen LogP contribution in [0.1, 0.15) is 26.1 Å². The largest absolute Gasteiger partial charge is 0.370 e. The van der Waals surface area contributed by atoms with Crippen LogP contribution < -0.4 is 5.32 Å². The Morgan fingerprint density at radius 3 is 2.70 bits per heavy atom. The lowest BCUT2D eigenvalue weighted by Gasteiger charge is -2.08. The molecule has 0 atom stereocenters. The molecule has 2 aromatic rings. The molecule has 0 aliphatic carbocycles. The quantitative estimate of drug-likeness (QED) is 0.816. The van der Waals surface area contributed by atoms with Gasteiger partial charge < -0.3 is 5.32 Å². The van der Waals surface area contributed by atoms with E-state index in [1.807, 2.05) is 18.2 Å². The predicted octanol–water partition coefficient (Wildman–Crippen LogP) is 4.06. The Kier molecular flexibility index (Phi) is 5.61. The molecule has 2 heterocycles. The molecule has 0 amide bonds. The first-order chi connectivity index (χ1) is 9.71. The van der Waals surface area contributed by atoms with Crippen molar-refractivity contribution in [3.05, 3.63) is 35.2 Å². The van der Waals surface area contributed by atoms with E-state index in [4.69, 9.17) is 11.6 Å². The van der Waals surface area contributed by atoms with Crippen molar-refractivity contribution in [2.45, 2.75) is 36.7 Å². The van der Waals surface area contributed by atoms with Gasteiger partial charge in [0.15, 0.2) is 0 Å². The van der Waals surface area contributed by atoms with Crippen LogP contribution in [0.3, 0.4) is 0 Å². The zero-order valence-electron chi connectivity index (χ0n) is 11.6. The third-order valence-electron chi connectivity index (χ3n) is 2.49. The van der Waals surface area contributed by atoms with Gasteiger partial charge in [0.2, 0.25) is 0 Å². The number of aromatic nitrogens is 3.